The highest BCUT2D eigenvalue weighted by Gasteiger charge is 2.55. The number of carbonyl (C=O) groups is 2. The van der Waals surface area contributed by atoms with Crippen LogP contribution in [-0.4, -0.2) is 11.8 Å². The van der Waals surface area contributed by atoms with Crippen LogP contribution in [0.2, 0.25) is 5.02 Å². The van der Waals surface area contributed by atoms with E-state index in [1.54, 1.807) is 31.2 Å². The van der Waals surface area contributed by atoms with Gasteiger partial charge in [0.15, 0.2) is 0 Å². The summed E-state index contributed by atoms with van der Waals surface area (Å²) in [4.78, 5) is 23.8. The SMILES string of the molecule is CC1(c2ccccc2Cl)[C@H](C#N)C(=O)NC(=O)[C@@H]1C#N. The Balaban J connectivity index is 2.72. The van der Waals surface area contributed by atoms with Gasteiger partial charge in [0, 0.05) is 10.4 Å². The van der Waals surface area contributed by atoms with E-state index in [4.69, 9.17) is 11.6 Å². The Labute approximate surface area is 120 Å². The van der Waals surface area contributed by atoms with Gasteiger partial charge in [-0.15, -0.1) is 0 Å². The zero-order valence-electron chi connectivity index (χ0n) is 10.6. The largest absolute Gasteiger partial charge is 0.294 e. The molecule has 1 aliphatic heterocycles. The number of nitrogens with one attached hydrogen (secondary N) is 1. The smallest absolute Gasteiger partial charge is 0.244 e. The fourth-order valence-electron chi connectivity index (χ4n) is 2.57. The van der Waals surface area contributed by atoms with E-state index in [1.807, 2.05) is 12.1 Å². The number of carbonyl (C=O) groups excluding carboxylic acids is 2. The van der Waals surface area contributed by atoms with Crippen molar-refractivity contribution in [3.8, 4) is 12.1 Å². The van der Waals surface area contributed by atoms with Crippen LogP contribution in [0.25, 0.3) is 0 Å². The number of hydrogen-bond acceptors (Lipinski definition) is 4. The second-order valence-corrected chi connectivity index (χ2v) is 5.15. The minimum absolute atomic E-state index is 0.318. The zero-order chi connectivity index (χ0) is 14.9. The number of piperidine rings is 1. The zero-order valence-corrected chi connectivity index (χ0v) is 11.3. The van der Waals surface area contributed by atoms with Crippen LogP contribution in [0.3, 0.4) is 0 Å². The van der Waals surface area contributed by atoms with Crippen molar-refractivity contribution in [2.24, 2.45) is 11.8 Å². The Morgan fingerprint density at radius 1 is 1.15 bits per heavy atom. The molecule has 1 aliphatic rings. The number of nitriles is 2. The highest BCUT2D eigenvalue weighted by atomic mass is 35.5. The van der Waals surface area contributed by atoms with Crippen molar-refractivity contribution in [3.63, 3.8) is 0 Å². The summed E-state index contributed by atoms with van der Waals surface area (Å²) in [5.74, 6) is -3.73. The molecular weight excluding hydrogens is 278 g/mol. The maximum atomic E-state index is 11.9. The molecule has 0 spiro atoms. The summed E-state index contributed by atoms with van der Waals surface area (Å²) >= 11 is 6.13. The molecular formula is C14H10ClN3O2. The molecule has 0 bridgehead atoms. The van der Waals surface area contributed by atoms with Crippen molar-refractivity contribution >= 4 is 23.4 Å². The first-order valence-electron chi connectivity index (χ1n) is 5.85. The van der Waals surface area contributed by atoms with E-state index in [2.05, 4.69) is 5.32 Å². The normalized spacial score (nSPS) is 29.2. The van der Waals surface area contributed by atoms with Crippen molar-refractivity contribution in [1.82, 2.24) is 5.32 Å². The van der Waals surface area contributed by atoms with Crippen molar-refractivity contribution < 1.29 is 9.59 Å². The fourth-order valence-corrected chi connectivity index (χ4v) is 2.91. The third kappa shape index (κ3) is 1.84. The second-order valence-electron chi connectivity index (χ2n) is 4.74. The lowest BCUT2D eigenvalue weighted by Gasteiger charge is -2.40. The average molecular weight is 288 g/mol. The maximum Gasteiger partial charge on any atom is 0.244 e. The Hall–Kier alpha value is -2.37. The molecule has 1 N–H and O–H groups in total. The van der Waals surface area contributed by atoms with Crippen LogP contribution in [0.5, 0.6) is 0 Å². The van der Waals surface area contributed by atoms with Crippen molar-refractivity contribution in [2.45, 2.75) is 12.3 Å². The van der Waals surface area contributed by atoms with Crippen molar-refractivity contribution in [3.05, 3.63) is 34.9 Å². The third-order valence-corrected chi connectivity index (χ3v) is 4.01. The molecule has 1 unspecified atom stereocenters. The molecule has 0 saturated carbocycles. The van der Waals surface area contributed by atoms with Gasteiger partial charge in [-0.1, -0.05) is 36.7 Å². The lowest BCUT2D eigenvalue weighted by Crippen LogP contribution is -2.58. The van der Waals surface area contributed by atoms with Gasteiger partial charge in [-0.3, -0.25) is 14.9 Å². The Bertz CT molecular complexity index is 640. The van der Waals surface area contributed by atoms with Gasteiger partial charge in [0.25, 0.3) is 0 Å². The number of nitrogens with zero attached hydrogens (tertiary/aromatic N) is 2. The molecule has 1 saturated heterocycles. The summed E-state index contributed by atoms with van der Waals surface area (Å²) in [5.41, 5.74) is -0.829. The van der Waals surface area contributed by atoms with Crippen LogP contribution in [0.4, 0.5) is 0 Å². The van der Waals surface area contributed by atoms with Gasteiger partial charge >= 0.3 is 0 Å². The van der Waals surface area contributed by atoms with Crippen LogP contribution in [0, 0.1) is 34.5 Å². The molecule has 1 fully saturated rings. The van der Waals surface area contributed by atoms with E-state index in [0.29, 0.717) is 10.6 Å². The fraction of sp³-hybridized carbons (Fsp3) is 0.286. The molecule has 1 aromatic rings. The van der Waals surface area contributed by atoms with Crippen LogP contribution >= 0.6 is 11.6 Å². The van der Waals surface area contributed by atoms with E-state index in [9.17, 15) is 20.1 Å². The van der Waals surface area contributed by atoms with Gasteiger partial charge in [0.1, 0.15) is 11.8 Å². The molecule has 1 heterocycles. The molecule has 0 aliphatic carbocycles. The topological polar surface area (TPSA) is 93.8 Å². The van der Waals surface area contributed by atoms with Gasteiger partial charge in [-0.25, -0.2) is 0 Å². The van der Waals surface area contributed by atoms with E-state index in [1.165, 1.54) is 0 Å². The van der Waals surface area contributed by atoms with Crippen LogP contribution < -0.4 is 5.32 Å². The van der Waals surface area contributed by atoms with Crippen molar-refractivity contribution in [2.75, 3.05) is 0 Å². The molecule has 2 amide bonds. The quantitative estimate of drug-likeness (QED) is 0.793. The van der Waals surface area contributed by atoms with E-state index in [0.717, 1.165) is 0 Å². The summed E-state index contributed by atoms with van der Waals surface area (Å²) in [6, 6.07) is 10.4. The summed E-state index contributed by atoms with van der Waals surface area (Å²) in [6.07, 6.45) is 0. The van der Waals surface area contributed by atoms with Gasteiger partial charge in [0.2, 0.25) is 11.8 Å². The second kappa shape index (κ2) is 4.96. The molecule has 100 valence electrons. The Morgan fingerprint density at radius 3 is 2.10 bits per heavy atom. The van der Waals surface area contributed by atoms with Gasteiger partial charge in [-0.2, -0.15) is 10.5 Å². The van der Waals surface area contributed by atoms with Gasteiger partial charge < -0.3 is 0 Å². The lowest BCUT2D eigenvalue weighted by molar-refractivity contribution is -0.140. The minimum atomic E-state index is -1.28. The summed E-state index contributed by atoms with van der Waals surface area (Å²) < 4.78 is 0. The first-order chi connectivity index (χ1) is 9.46. The predicted molar refractivity (Wildman–Crippen MR) is 70.2 cm³/mol. The number of imide groups is 1. The standard InChI is InChI=1S/C14H10ClN3O2/c1-14(8-4-2-3-5-11(8)15)9(6-16)12(19)18-13(20)10(14)7-17/h2-5,9-10H,1H3,(H,18,19,20)/t9-,10+,14?. The number of benzene rings is 1. The third-order valence-electron chi connectivity index (χ3n) is 3.68. The minimum Gasteiger partial charge on any atom is -0.294 e. The van der Waals surface area contributed by atoms with E-state index < -0.39 is 29.1 Å². The van der Waals surface area contributed by atoms with E-state index >= 15 is 0 Å². The average Bonchev–Trinajstić information content (AvgIpc) is 2.39. The van der Waals surface area contributed by atoms with Gasteiger partial charge in [-0.05, 0) is 11.6 Å². The molecule has 1 aromatic carbocycles. The number of amides is 2. The molecule has 5 nitrogen and oxygen atoms in total. The number of hydrogen-bond donors (Lipinski definition) is 1. The van der Waals surface area contributed by atoms with E-state index in [-0.39, 0.29) is 0 Å². The molecule has 20 heavy (non-hydrogen) atoms. The Morgan fingerprint density at radius 2 is 1.65 bits per heavy atom. The summed E-state index contributed by atoms with van der Waals surface area (Å²) in [6.45, 7) is 1.55. The highest BCUT2D eigenvalue weighted by Crippen LogP contribution is 2.44. The first kappa shape index (κ1) is 14.0. The number of rotatable bonds is 1. The maximum absolute atomic E-state index is 11.9. The highest BCUT2D eigenvalue weighted by molar-refractivity contribution is 6.31. The number of halogens is 1. The van der Waals surface area contributed by atoms with Gasteiger partial charge in [0.05, 0.1) is 12.1 Å². The predicted octanol–water partition coefficient (Wildman–Crippen LogP) is 1.53. The summed E-state index contributed by atoms with van der Waals surface area (Å²) in [5, 5.41) is 20.9. The molecule has 0 aromatic heterocycles. The molecule has 0 radical (unpaired) electrons. The lowest BCUT2D eigenvalue weighted by atomic mass is 9.62. The molecule has 2 rings (SSSR count). The first-order valence-corrected chi connectivity index (χ1v) is 6.23. The summed E-state index contributed by atoms with van der Waals surface area (Å²) in [7, 11) is 0. The Kier molecular flexibility index (Phi) is 3.48. The van der Waals surface area contributed by atoms with Crippen LogP contribution in [0.15, 0.2) is 24.3 Å². The van der Waals surface area contributed by atoms with Crippen LogP contribution in [0.1, 0.15) is 12.5 Å². The molecule has 6 heteroatoms. The molecule has 3 atom stereocenters. The van der Waals surface area contributed by atoms with Crippen LogP contribution in [-0.2, 0) is 15.0 Å². The monoisotopic (exact) mass is 287 g/mol. The van der Waals surface area contributed by atoms with Crippen molar-refractivity contribution in [1.29, 1.82) is 10.5 Å².